The van der Waals surface area contributed by atoms with Crippen LogP contribution in [0, 0.1) is 0 Å². The number of hydrogen-bond donors (Lipinski definition) is 0. The molecule has 0 saturated carbocycles. The van der Waals surface area contributed by atoms with E-state index in [0.29, 0.717) is 0 Å². The molecule has 5 aromatic carbocycles. The van der Waals surface area contributed by atoms with Gasteiger partial charge in [-0.1, -0.05) is 78.9 Å². The Morgan fingerprint density at radius 2 is 1.37 bits per heavy atom. The van der Waals surface area contributed by atoms with E-state index in [0.717, 1.165) is 13.0 Å². The topological polar surface area (TPSA) is 4.93 Å². The molecule has 0 fully saturated rings. The fourth-order valence-electron chi connectivity index (χ4n) is 5.82. The van der Waals surface area contributed by atoms with Crippen LogP contribution in [0.4, 0.5) is 0 Å². The minimum Gasteiger partial charge on any atom is -0.340 e. The summed E-state index contributed by atoms with van der Waals surface area (Å²) in [4.78, 5) is 0. The van der Waals surface area contributed by atoms with E-state index >= 15 is 0 Å². The maximum atomic E-state index is 2.49. The largest absolute Gasteiger partial charge is 0.340 e. The van der Waals surface area contributed by atoms with Crippen LogP contribution in [0.25, 0.3) is 54.5 Å². The molecule has 142 valence electrons. The van der Waals surface area contributed by atoms with Crippen LogP contribution >= 0.6 is 0 Å². The highest BCUT2D eigenvalue weighted by Gasteiger charge is 2.24. The Morgan fingerprint density at radius 1 is 0.633 bits per heavy atom. The van der Waals surface area contributed by atoms with Crippen molar-refractivity contribution in [2.24, 2.45) is 0 Å². The summed E-state index contributed by atoms with van der Waals surface area (Å²) in [6, 6.07) is 31.5. The number of hydrogen-bond acceptors (Lipinski definition) is 0. The standard InChI is InChI=1S/C29H21N/c1-2-30-26-14-8-7-13-23(26)28-24-16-15-20-19-10-4-3-9-18(19)17-25(20)27(24)21-11-5-6-12-22(21)29(28)30/h3-16H,2,17H2,1H3. The minimum absolute atomic E-state index is 0.968. The summed E-state index contributed by atoms with van der Waals surface area (Å²) >= 11 is 0. The van der Waals surface area contributed by atoms with Crippen molar-refractivity contribution in [1.82, 2.24) is 4.57 Å². The Bertz CT molecular complexity index is 1650. The van der Waals surface area contributed by atoms with Gasteiger partial charge < -0.3 is 4.57 Å². The molecule has 30 heavy (non-hydrogen) atoms. The number of fused-ring (bicyclic) bond motifs is 12. The molecule has 7 rings (SSSR count). The van der Waals surface area contributed by atoms with E-state index in [2.05, 4.69) is 96.4 Å². The van der Waals surface area contributed by atoms with Crippen LogP contribution in [0.5, 0.6) is 0 Å². The Morgan fingerprint density at radius 3 is 2.23 bits per heavy atom. The van der Waals surface area contributed by atoms with Crippen LogP contribution in [0.15, 0.2) is 84.9 Å². The second-order valence-corrected chi connectivity index (χ2v) is 8.38. The summed E-state index contributed by atoms with van der Waals surface area (Å²) < 4.78 is 2.49. The average Bonchev–Trinajstić information content (AvgIpc) is 3.35. The lowest BCUT2D eigenvalue weighted by atomic mass is 9.91. The highest BCUT2D eigenvalue weighted by Crippen LogP contribution is 2.47. The first-order valence-corrected chi connectivity index (χ1v) is 10.8. The molecule has 1 aliphatic rings. The Kier molecular flexibility index (Phi) is 3.10. The van der Waals surface area contributed by atoms with E-state index in [4.69, 9.17) is 0 Å². The number of benzene rings is 5. The van der Waals surface area contributed by atoms with Crippen molar-refractivity contribution < 1.29 is 0 Å². The minimum atomic E-state index is 0.968. The van der Waals surface area contributed by atoms with Crippen molar-refractivity contribution >= 4 is 43.4 Å². The van der Waals surface area contributed by atoms with E-state index in [1.54, 1.807) is 0 Å². The van der Waals surface area contributed by atoms with Gasteiger partial charge in [0.05, 0.1) is 5.52 Å². The number of para-hydroxylation sites is 1. The van der Waals surface area contributed by atoms with Crippen LogP contribution in [-0.2, 0) is 13.0 Å². The second kappa shape index (κ2) is 5.73. The SMILES string of the molecule is CCn1c2ccccc2c2c3ccc4c(c3c3ccccc3c21)Cc1ccccc1-4. The Hall–Kier alpha value is -3.58. The Balaban J connectivity index is 1.79. The molecule has 0 bridgehead atoms. The summed E-state index contributed by atoms with van der Waals surface area (Å²) in [6.45, 7) is 3.22. The third-order valence-corrected chi connectivity index (χ3v) is 7.00. The zero-order valence-electron chi connectivity index (χ0n) is 16.9. The molecule has 0 spiro atoms. The first-order chi connectivity index (χ1) is 14.9. The molecular formula is C29H21N. The van der Waals surface area contributed by atoms with Gasteiger partial charge in [-0.2, -0.15) is 0 Å². The van der Waals surface area contributed by atoms with Gasteiger partial charge in [0.15, 0.2) is 0 Å². The van der Waals surface area contributed by atoms with E-state index in [1.807, 2.05) is 0 Å². The fourth-order valence-corrected chi connectivity index (χ4v) is 5.82. The second-order valence-electron chi connectivity index (χ2n) is 8.38. The molecule has 0 unspecified atom stereocenters. The van der Waals surface area contributed by atoms with Gasteiger partial charge in [-0.25, -0.2) is 0 Å². The molecule has 0 N–H and O–H groups in total. The molecular weight excluding hydrogens is 362 g/mol. The predicted molar refractivity (Wildman–Crippen MR) is 128 cm³/mol. The van der Waals surface area contributed by atoms with Crippen molar-refractivity contribution in [2.75, 3.05) is 0 Å². The molecule has 0 saturated heterocycles. The molecule has 0 atom stereocenters. The van der Waals surface area contributed by atoms with Gasteiger partial charge in [0.25, 0.3) is 0 Å². The fraction of sp³-hybridized carbons (Fsp3) is 0.103. The maximum Gasteiger partial charge on any atom is 0.0577 e. The van der Waals surface area contributed by atoms with Crippen molar-refractivity contribution in [2.45, 2.75) is 19.9 Å². The van der Waals surface area contributed by atoms with Crippen molar-refractivity contribution in [3.05, 3.63) is 96.1 Å². The molecule has 0 amide bonds. The zero-order chi connectivity index (χ0) is 19.8. The van der Waals surface area contributed by atoms with Crippen molar-refractivity contribution in [3.63, 3.8) is 0 Å². The molecule has 0 radical (unpaired) electrons. The predicted octanol–water partition coefficient (Wildman–Crippen LogP) is 7.69. The van der Waals surface area contributed by atoms with E-state index < -0.39 is 0 Å². The summed E-state index contributed by atoms with van der Waals surface area (Å²) in [5, 5.41) is 8.33. The lowest BCUT2D eigenvalue weighted by Crippen LogP contribution is -1.95. The van der Waals surface area contributed by atoms with Gasteiger partial charge in [-0.3, -0.25) is 0 Å². The highest BCUT2D eigenvalue weighted by atomic mass is 15.0. The number of aryl methyl sites for hydroxylation is 1. The van der Waals surface area contributed by atoms with E-state index in [9.17, 15) is 0 Å². The monoisotopic (exact) mass is 383 g/mol. The molecule has 1 heteroatoms. The van der Waals surface area contributed by atoms with Crippen LogP contribution in [0.2, 0.25) is 0 Å². The van der Waals surface area contributed by atoms with Crippen LogP contribution in [0.3, 0.4) is 0 Å². The van der Waals surface area contributed by atoms with Crippen molar-refractivity contribution in [3.8, 4) is 11.1 Å². The van der Waals surface area contributed by atoms with Gasteiger partial charge in [-0.05, 0) is 57.8 Å². The molecule has 1 aliphatic carbocycles. The lowest BCUT2D eigenvalue weighted by Gasteiger charge is -2.13. The normalized spacial score (nSPS) is 12.8. The summed E-state index contributed by atoms with van der Waals surface area (Å²) in [6.07, 6.45) is 1.02. The number of rotatable bonds is 1. The lowest BCUT2D eigenvalue weighted by molar-refractivity contribution is 0.829. The van der Waals surface area contributed by atoms with E-state index in [1.165, 1.54) is 65.6 Å². The van der Waals surface area contributed by atoms with Crippen LogP contribution in [0.1, 0.15) is 18.1 Å². The third-order valence-electron chi connectivity index (χ3n) is 7.00. The van der Waals surface area contributed by atoms with Gasteiger partial charge in [0.2, 0.25) is 0 Å². The summed E-state index contributed by atoms with van der Waals surface area (Å²) in [5.74, 6) is 0. The van der Waals surface area contributed by atoms with Gasteiger partial charge >= 0.3 is 0 Å². The molecule has 0 aliphatic heterocycles. The zero-order valence-corrected chi connectivity index (χ0v) is 16.9. The molecule has 1 aromatic heterocycles. The molecule has 1 heterocycles. The van der Waals surface area contributed by atoms with Crippen molar-refractivity contribution in [1.29, 1.82) is 0 Å². The van der Waals surface area contributed by atoms with Gasteiger partial charge in [0, 0.05) is 28.2 Å². The quantitative estimate of drug-likeness (QED) is 0.256. The number of aromatic nitrogens is 1. The maximum absolute atomic E-state index is 2.49. The molecule has 1 nitrogen and oxygen atoms in total. The third kappa shape index (κ3) is 1.88. The number of nitrogens with zero attached hydrogens (tertiary/aromatic N) is 1. The Labute approximate surface area is 175 Å². The van der Waals surface area contributed by atoms with Crippen LogP contribution < -0.4 is 0 Å². The first kappa shape index (κ1) is 16.2. The van der Waals surface area contributed by atoms with Crippen LogP contribution in [-0.4, -0.2) is 4.57 Å². The average molecular weight is 383 g/mol. The van der Waals surface area contributed by atoms with E-state index in [-0.39, 0.29) is 0 Å². The highest BCUT2D eigenvalue weighted by molar-refractivity contribution is 6.32. The first-order valence-electron chi connectivity index (χ1n) is 10.8. The summed E-state index contributed by atoms with van der Waals surface area (Å²) in [7, 11) is 0. The molecule has 6 aromatic rings. The van der Waals surface area contributed by atoms with Gasteiger partial charge in [0.1, 0.15) is 0 Å². The smallest absolute Gasteiger partial charge is 0.0577 e. The summed E-state index contributed by atoms with van der Waals surface area (Å²) in [5.41, 5.74) is 8.44. The van der Waals surface area contributed by atoms with Gasteiger partial charge in [-0.15, -0.1) is 0 Å².